The Morgan fingerprint density at radius 1 is 1.22 bits per heavy atom. The first-order chi connectivity index (χ1) is 17.9. The van der Waals surface area contributed by atoms with E-state index in [1.807, 2.05) is 42.5 Å². The minimum Gasteiger partial charge on any atom is -0.489 e. The topological polar surface area (TPSA) is 81.9 Å². The van der Waals surface area contributed by atoms with Gasteiger partial charge in [0.2, 0.25) is 0 Å². The number of rotatable bonds is 6. The quantitative estimate of drug-likeness (QED) is 0.315. The van der Waals surface area contributed by atoms with Gasteiger partial charge in [-0.1, -0.05) is 49.6 Å². The number of carbonyl (C=O) groups is 2. The Labute approximate surface area is 221 Å². The number of hydrogen-bond acceptors (Lipinski definition) is 7. The van der Waals surface area contributed by atoms with Crippen molar-refractivity contribution in [2.75, 3.05) is 32.5 Å². The number of anilines is 1. The van der Waals surface area contributed by atoms with Gasteiger partial charge in [0.15, 0.2) is 12.1 Å². The molecule has 0 atom stereocenters. The number of carbonyl (C=O) groups excluding carboxylic acids is 2. The highest BCUT2D eigenvalue weighted by Gasteiger charge is 2.42. The number of ketones is 1. The molecule has 0 bridgehead atoms. The molecule has 1 fully saturated rings. The van der Waals surface area contributed by atoms with Crippen molar-refractivity contribution in [1.82, 2.24) is 4.90 Å². The predicted molar refractivity (Wildman–Crippen MR) is 151 cm³/mol. The predicted octanol–water partition coefficient (Wildman–Crippen LogP) is 6.09. The summed E-state index contributed by atoms with van der Waals surface area (Å²) in [6.07, 6.45) is 8.35. The van der Waals surface area contributed by atoms with E-state index < -0.39 is 0 Å². The van der Waals surface area contributed by atoms with Gasteiger partial charge in [-0.3, -0.25) is 9.59 Å². The third-order valence-corrected chi connectivity index (χ3v) is 7.76. The fourth-order valence-corrected chi connectivity index (χ4v) is 5.51. The zero-order valence-corrected chi connectivity index (χ0v) is 21.9. The largest absolute Gasteiger partial charge is 0.489 e. The van der Waals surface area contributed by atoms with E-state index in [0.717, 1.165) is 47.9 Å². The molecule has 6 nitrogen and oxygen atoms in total. The SMILES string of the molecule is C=C/C=C(\C=C)COc1ccc2c(c1)OC1(CCN(C)CC1)CC2=O.Nc1sc2ccccc2c1C=O. The summed E-state index contributed by atoms with van der Waals surface area (Å²) < 4.78 is 13.2. The number of piperidine rings is 1. The van der Waals surface area contributed by atoms with Crippen molar-refractivity contribution >= 4 is 38.5 Å². The van der Waals surface area contributed by atoms with Crippen LogP contribution in [0.15, 0.2) is 79.4 Å². The normalized spacial score (nSPS) is 16.8. The Balaban J connectivity index is 0.000000222. The molecule has 0 unspecified atom stereocenters. The van der Waals surface area contributed by atoms with Crippen molar-refractivity contribution in [2.24, 2.45) is 0 Å². The van der Waals surface area contributed by atoms with E-state index in [0.29, 0.717) is 40.7 Å². The van der Waals surface area contributed by atoms with Gasteiger partial charge in [-0.05, 0) is 30.8 Å². The molecule has 3 heterocycles. The van der Waals surface area contributed by atoms with E-state index in [-0.39, 0.29) is 11.4 Å². The lowest BCUT2D eigenvalue weighted by atomic mass is 9.82. The Morgan fingerprint density at radius 2 is 1.97 bits per heavy atom. The van der Waals surface area contributed by atoms with Gasteiger partial charge in [0.05, 0.1) is 22.5 Å². The molecule has 5 rings (SSSR count). The van der Waals surface area contributed by atoms with E-state index in [9.17, 15) is 9.59 Å². The smallest absolute Gasteiger partial charge is 0.170 e. The van der Waals surface area contributed by atoms with E-state index in [1.54, 1.807) is 18.2 Å². The molecule has 2 aliphatic rings. The van der Waals surface area contributed by atoms with Gasteiger partial charge < -0.3 is 20.1 Å². The number of aldehydes is 1. The second kappa shape index (κ2) is 11.6. The van der Waals surface area contributed by atoms with Crippen molar-refractivity contribution in [3.8, 4) is 11.5 Å². The number of nitrogens with zero attached hydrogens (tertiary/aromatic N) is 1. The molecule has 1 saturated heterocycles. The number of ether oxygens (including phenoxy) is 2. The Morgan fingerprint density at radius 3 is 2.68 bits per heavy atom. The number of likely N-dealkylation sites (tertiary alicyclic amines) is 1. The van der Waals surface area contributed by atoms with Crippen LogP contribution >= 0.6 is 11.3 Å². The summed E-state index contributed by atoms with van der Waals surface area (Å²) in [7, 11) is 2.10. The van der Waals surface area contributed by atoms with E-state index in [4.69, 9.17) is 15.2 Å². The summed E-state index contributed by atoms with van der Waals surface area (Å²) in [5.74, 6) is 1.50. The number of nitrogen functional groups attached to an aromatic ring is 1. The minimum atomic E-state index is -0.357. The first-order valence-corrected chi connectivity index (χ1v) is 13.0. The molecular formula is C30H32N2O4S. The highest BCUT2D eigenvalue weighted by Crippen LogP contribution is 2.40. The number of benzene rings is 2. The Bertz CT molecular complexity index is 1350. The average molecular weight is 517 g/mol. The summed E-state index contributed by atoms with van der Waals surface area (Å²) in [6, 6.07) is 13.2. The number of hydrogen-bond donors (Lipinski definition) is 1. The van der Waals surface area contributed by atoms with Crippen molar-refractivity contribution < 1.29 is 19.1 Å². The van der Waals surface area contributed by atoms with Crippen LogP contribution in [0.4, 0.5) is 5.00 Å². The first kappa shape index (κ1) is 26.4. The van der Waals surface area contributed by atoms with E-state index >= 15 is 0 Å². The van der Waals surface area contributed by atoms with Crippen molar-refractivity contribution in [3.05, 3.63) is 90.6 Å². The van der Waals surface area contributed by atoms with Crippen molar-refractivity contribution in [1.29, 1.82) is 0 Å². The molecule has 2 aromatic carbocycles. The summed E-state index contributed by atoms with van der Waals surface area (Å²) in [4.78, 5) is 25.5. The second-order valence-corrected chi connectivity index (χ2v) is 10.4. The van der Waals surface area contributed by atoms with Gasteiger partial charge in [-0.2, -0.15) is 0 Å². The third-order valence-electron chi connectivity index (χ3n) is 6.74. The molecule has 2 aliphatic heterocycles. The number of Topliss-reactive ketones (excluding diaryl/α,β-unsaturated/α-hetero) is 1. The number of thiophene rings is 1. The maximum Gasteiger partial charge on any atom is 0.170 e. The summed E-state index contributed by atoms with van der Waals surface area (Å²) in [5, 5.41) is 1.56. The molecular weight excluding hydrogens is 484 g/mol. The Kier molecular flexibility index (Phi) is 8.26. The number of fused-ring (bicyclic) bond motifs is 2. The van der Waals surface area contributed by atoms with Crippen LogP contribution in [0.1, 0.15) is 40.0 Å². The number of allylic oxidation sites excluding steroid dienone is 2. The second-order valence-electron chi connectivity index (χ2n) is 9.31. The van der Waals surface area contributed by atoms with Gasteiger partial charge >= 0.3 is 0 Å². The highest BCUT2D eigenvalue weighted by molar-refractivity contribution is 7.23. The summed E-state index contributed by atoms with van der Waals surface area (Å²) in [5.41, 5.74) is 7.51. The molecule has 37 heavy (non-hydrogen) atoms. The Hall–Kier alpha value is -3.68. The maximum absolute atomic E-state index is 12.6. The lowest BCUT2D eigenvalue weighted by Gasteiger charge is -2.43. The minimum absolute atomic E-state index is 0.163. The molecule has 3 aromatic rings. The molecule has 1 aromatic heterocycles. The van der Waals surface area contributed by atoms with Crippen LogP contribution in [0.5, 0.6) is 11.5 Å². The fourth-order valence-electron chi connectivity index (χ4n) is 4.57. The zero-order chi connectivity index (χ0) is 26.4. The van der Waals surface area contributed by atoms with Crippen LogP contribution in [-0.2, 0) is 0 Å². The lowest BCUT2D eigenvalue weighted by Crippen LogP contribution is -2.50. The molecule has 7 heteroatoms. The zero-order valence-electron chi connectivity index (χ0n) is 21.1. The van der Waals surface area contributed by atoms with Crippen LogP contribution in [-0.4, -0.2) is 49.3 Å². The van der Waals surface area contributed by atoms with E-state index in [2.05, 4.69) is 25.1 Å². The van der Waals surface area contributed by atoms with E-state index in [1.165, 1.54) is 11.3 Å². The van der Waals surface area contributed by atoms with Crippen molar-refractivity contribution in [2.45, 2.75) is 24.9 Å². The summed E-state index contributed by atoms with van der Waals surface area (Å²) in [6.45, 7) is 9.75. The standard InChI is InChI=1S/C21H25NO3.C9H7NOS/c1-4-6-16(5-2)15-24-17-7-8-18-19(23)14-21(25-20(18)13-17)9-11-22(3)12-10-21;10-9-7(5-11)6-3-1-2-4-8(6)12-9/h4-8,13H,1-2,9-12,14-15H2,3H3;1-5H,10H2/b16-6+;. The van der Waals surface area contributed by atoms with Crippen molar-refractivity contribution in [3.63, 3.8) is 0 Å². The van der Waals surface area contributed by atoms with Gasteiger partial charge in [-0.15, -0.1) is 11.3 Å². The molecule has 0 aliphatic carbocycles. The highest BCUT2D eigenvalue weighted by atomic mass is 32.1. The van der Waals surface area contributed by atoms with Crippen LogP contribution in [0.25, 0.3) is 10.1 Å². The molecule has 192 valence electrons. The summed E-state index contributed by atoms with van der Waals surface area (Å²) >= 11 is 1.45. The van der Waals surface area contributed by atoms with Crippen LogP contribution in [0.3, 0.4) is 0 Å². The fraction of sp³-hybridized carbons (Fsp3) is 0.267. The number of nitrogens with two attached hydrogens (primary N) is 1. The van der Waals surface area contributed by atoms with Gasteiger partial charge in [-0.25, -0.2) is 0 Å². The molecule has 2 N–H and O–H groups in total. The maximum atomic E-state index is 12.6. The molecule has 0 radical (unpaired) electrons. The van der Waals surface area contributed by atoms with Crippen LogP contribution < -0.4 is 15.2 Å². The van der Waals surface area contributed by atoms with Crippen LogP contribution in [0, 0.1) is 0 Å². The first-order valence-electron chi connectivity index (χ1n) is 12.2. The average Bonchev–Trinajstić information content (AvgIpc) is 3.23. The lowest BCUT2D eigenvalue weighted by molar-refractivity contribution is -0.00382. The van der Waals surface area contributed by atoms with Gasteiger partial charge in [0.1, 0.15) is 23.7 Å². The van der Waals surface area contributed by atoms with Gasteiger partial charge in [0.25, 0.3) is 0 Å². The monoisotopic (exact) mass is 516 g/mol. The van der Waals surface area contributed by atoms with Gasteiger partial charge in [0, 0.05) is 42.1 Å². The molecule has 1 spiro atoms. The van der Waals surface area contributed by atoms with Crippen LogP contribution in [0.2, 0.25) is 0 Å². The molecule has 0 amide bonds. The molecule has 0 saturated carbocycles. The third kappa shape index (κ3) is 6.01.